The summed E-state index contributed by atoms with van der Waals surface area (Å²) in [4.78, 5) is 26.0. The molecule has 30 heavy (non-hydrogen) atoms. The van der Waals surface area contributed by atoms with Crippen LogP contribution in [0.3, 0.4) is 0 Å². The molecule has 6 rings (SSSR count). The number of methoxy groups -OCH3 is 1. The highest BCUT2D eigenvalue weighted by Crippen LogP contribution is 2.80. The summed E-state index contributed by atoms with van der Waals surface area (Å²) in [6.45, 7) is 2.56. The van der Waals surface area contributed by atoms with Crippen LogP contribution in [-0.4, -0.2) is 30.9 Å². The summed E-state index contributed by atoms with van der Waals surface area (Å²) < 4.78 is 11.7. The lowest BCUT2D eigenvalue weighted by Crippen LogP contribution is -2.53. The van der Waals surface area contributed by atoms with Gasteiger partial charge in [-0.3, -0.25) is 9.59 Å². The number of allylic oxidation sites excluding steroid dienone is 3. The molecular formula is C26H28O4. The molecule has 1 aliphatic heterocycles. The molecule has 4 nitrogen and oxygen atoms in total. The summed E-state index contributed by atoms with van der Waals surface area (Å²) >= 11 is 0. The van der Waals surface area contributed by atoms with Gasteiger partial charge in [0.15, 0.2) is 11.6 Å². The van der Waals surface area contributed by atoms with Crippen LogP contribution < -0.4 is 4.74 Å². The zero-order valence-electron chi connectivity index (χ0n) is 17.6. The maximum atomic E-state index is 13.6. The van der Waals surface area contributed by atoms with E-state index in [-0.39, 0.29) is 46.3 Å². The monoisotopic (exact) mass is 404 g/mol. The second-order valence-corrected chi connectivity index (χ2v) is 10.2. The van der Waals surface area contributed by atoms with Crippen LogP contribution in [0.5, 0.6) is 5.75 Å². The van der Waals surface area contributed by atoms with Gasteiger partial charge in [0.1, 0.15) is 12.4 Å². The maximum absolute atomic E-state index is 13.6. The fourth-order valence-corrected chi connectivity index (χ4v) is 8.27. The number of hydrogen-bond donors (Lipinski definition) is 0. The van der Waals surface area contributed by atoms with Gasteiger partial charge in [0.25, 0.3) is 0 Å². The Labute approximate surface area is 177 Å². The van der Waals surface area contributed by atoms with Gasteiger partial charge in [0.2, 0.25) is 0 Å². The fraction of sp³-hybridized carbons (Fsp3) is 0.538. The van der Waals surface area contributed by atoms with Crippen LogP contribution in [0.15, 0.2) is 48.6 Å². The van der Waals surface area contributed by atoms with E-state index in [9.17, 15) is 9.59 Å². The first kappa shape index (κ1) is 18.6. The number of ether oxygens (including phenoxy) is 2. The third-order valence-electron chi connectivity index (χ3n) is 9.39. The fourth-order valence-electron chi connectivity index (χ4n) is 8.27. The molecule has 2 bridgehead atoms. The van der Waals surface area contributed by atoms with Crippen molar-refractivity contribution in [3.05, 3.63) is 54.1 Å². The van der Waals surface area contributed by atoms with Crippen molar-refractivity contribution in [2.75, 3.05) is 13.7 Å². The number of fused-ring (bicyclic) bond motifs is 3. The molecule has 4 aliphatic carbocycles. The van der Waals surface area contributed by atoms with Gasteiger partial charge in [-0.2, -0.15) is 0 Å². The largest absolute Gasteiger partial charge is 0.497 e. The molecule has 4 heteroatoms. The molecular weight excluding hydrogens is 376 g/mol. The van der Waals surface area contributed by atoms with E-state index in [1.54, 1.807) is 13.2 Å². The Bertz CT molecular complexity index is 1010. The summed E-state index contributed by atoms with van der Waals surface area (Å²) in [5.41, 5.74) is -0.0461. The Morgan fingerprint density at radius 2 is 1.80 bits per heavy atom. The Balaban J connectivity index is 1.62. The SMILES string of the molecule is COc1ccc([C@]23C=C[C@@]4(CCCC[C@]24C)[C@@H]2[C@H]3C(=O)C=C[C@@]23CC(=O)CO3)cc1. The molecule has 0 N–H and O–H groups in total. The lowest BCUT2D eigenvalue weighted by atomic mass is 9.52. The van der Waals surface area contributed by atoms with E-state index >= 15 is 0 Å². The maximum Gasteiger partial charge on any atom is 0.161 e. The van der Waals surface area contributed by atoms with Crippen LogP contribution in [0.2, 0.25) is 0 Å². The molecule has 1 aromatic rings. The molecule has 1 aromatic carbocycles. The number of hydrogen-bond acceptors (Lipinski definition) is 4. The number of Topliss-reactive ketones (excluding diaryl/α,β-unsaturated/α-hetero) is 1. The van der Waals surface area contributed by atoms with E-state index in [1.165, 1.54) is 12.0 Å². The Hall–Kier alpha value is -2.20. The number of carbonyl (C=O) groups excluding carboxylic acids is 2. The molecule has 1 saturated heterocycles. The summed E-state index contributed by atoms with van der Waals surface area (Å²) in [6.07, 6.45) is 13.3. The summed E-state index contributed by atoms with van der Waals surface area (Å²) in [7, 11) is 1.68. The number of benzene rings is 1. The predicted molar refractivity (Wildman–Crippen MR) is 112 cm³/mol. The first-order valence-corrected chi connectivity index (χ1v) is 11.2. The van der Waals surface area contributed by atoms with E-state index < -0.39 is 5.60 Å². The number of carbonyl (C=O) groups is 2. The highest BCUT2D eigenvalue weighted by molar-refractivity contribution is 5.97. The van der Waals surface area contributed by atoms with Crippen LogP contribution in [0.25, 0.3) is 0 Å². The molecule has 0 unspecified atom stereocenters. The highest BCUT2D eigenvalue weighted by Gasteiger charge is 2.80. The van der Waals surface area contributed by atoms with Crippen molar-refractivity contribution in [1.82, 2.24) is 0 Å². The van der Waals surface area contributed by atoms with Gasteiger partial charge in [0.05, 0.1) is 12.7 Å². The van der Waals surface area contributed by atoms with Crippen molar-refractivity contribution < 1.29 is 19.1 Å². The lowest BCUT2D eigenvalue weighted by Gasteiger charge is -2.52. The third kappa shape index (κ3) is 1.84. The van der Waals surface area contributed by atoms with E-state index in [0.29, 0.717) is 6.42 Å². The molecule has 0 aromatic heterocycles. The normalized spacial score (nSPS) is 45.8. The van der Waals surface area contributed by atoms with Gasteiger partial charge < -0.3 is 9.47 Å². The topological polar surface area (TPSA) is 52.6 Å². The third-order valence-corrected chi connectivity index (χ3v) is 9.39. The van der Waals surface area contributed by atoms with E-state index in [0.717, 1.165) is 25.0 Å². The van der Waals surface area contributed by atoms with Crippen molar-refractivity contribution in [2.24, 2.45) is 22.7 Å². The van der Waals surface area contributed by atoms with E-state index in [4.69, 9.17) is 9.47 Å². The Morgan fingerprint density at radius 3 is 2.50 bits per heavy atom. The van der Waals surface area contributed by atoms with Gasteiger partial charge in [-0.25, -0.2) is 0 Å². The molecule has 3 fully saturated rings. The predicted octanol–water partition coefficient (Wildman–Crippen LogP) is 4.18. The second-order valence-electron chi connectivity index (χ2n) is 10.2. The van der Waals surface area contributed by atoms with Crippen LogP contribution in [0, 0.1) is 22.7 Å². The average Bonchev–Trinajstić information content (AvgIpc) is 3.33. The van der Waals surface area contributed by atoms with E-state index in [1.807, 2.05) is 18.2 Å². The van der Waals surface area contributed by atoms with Crippen molar-refractivity contribution in [2.45, 2.75) is 50.0 Å². The van der Waals surface area contributed by atoms with Gasteiger partial charge in [-0.05, 0) is 48.1 Å². The Morgan fingerprint density at radius 1 is 1.03 bits per heavy atom. The molecule has 5 aliphatic rings. The number of rotatable bonds is 2. The van der Waals surface area contributed by atoms with Crippen LogP contribution >= 0.6 is 0 Å². The average molecular weight is 405 g/mol. The van der Waals surface area contributed by atoms with Crippen LogP contribution in [-0.2, 0) is 19.7 Å². The van der Waals surface area contributed by atoms with Gasteiger partial charge in [0, 0.05) is 29.1 Å². The molecule has 2 saturated carbocycles. The summed E-state index contributed by atoms with van der Waals surface area (Å²) in [5.74, 6) is 0.958. The molecule has 6 atom stereocenters. The highest BCUT2D eigenvalue weighted by atomic mass is 16.5. The quantitative estimate of drug-likeness (QED) is 0.694. The zero-order chi connectivity index (χ0) is 20.8. The van der Waals surface area contributed by atoms with Gasteiger partial charge in [-0.15, -0.1) is 0 Å². The first-order chi connectivity index (χ1) is 14.4. The molecule has 1 heterocycles. The summed E-state index contributed by atoms with van der Waals surface area (Å²) in [6, 6.07) is 8.29. The molecule has 0 radical (unpaired) electrons. The minimum atomic E-state index is -0.646. The molecule has 156 valence electrons. The number of ketones is 2. The van der Waals surface area contributed by atoms with Crippen LogP contribution in [0.4, 0.5) is 0 Å². The Kier molecular flexibility index (Phi) is 3.54. The molecule has 0 amide bonds. The van der Waals surface area contributed by atoms with E-state index in [2.05, 4.69) is 31.2 Å². The minimum absolute atomic E-state index is 0.00588. The van der Waals surface area contributed by atoms with Crippen molar-refractivity contribution in [3.63, 3.8) is 0 Å². The minimum Gasteiger partial charge on any atom is -0.497 e. The van der Waals surface area contributed by atoms with Crippen molar-refractivity contribution >= 4 is 11.6 Å². The first-order valence-electron chi connectivity index (χ1n) is 11.2. The molecule has 1 spiro atoms. The lowest BCUT2D eigenvalue weighted by molar-refractivity contribution is -0.130. The smallest absolute Gasteiger partial charge is 0.161 e. The standard InChI is InChI=1S/C26H28O4/c1-23-10-3-4-11-24(23)13-14-26(23,17-5-7-19(29-2)8-6-17)21-20(28)9-12-25(22(21)24)15-18(27)16-30-25/h5-9,12-14,21-22H,3-4,10-11,15-16H2,1-2H3/t21-,22+,23+,24+,25-,26+/m1/s1. The zero-order valence-corrected chi connectivity index (χ0v) is 17.6. The van der Waals surface area contributed by atoms with Gasteiger partial charge >= 0.3 is 0 Å². The summed E-state index contributed by atoms with van der Waals surface area (Å²) in [5, 5.41) is 0. The van der Waals surface area contributed by atoms with Crippen LogP contribution in [0.1, 0.15) is 44.6 Å². The van der Waals surface area contributed by atoms with Gasteiger partial charge in [-0.1, -0.05) is 44.1 Å². The van der Waals surface area contributed by atoms with Crippen molar-refractivity contribution in [1.29, 1.82) is 0 Å². The second kappa shape index (κ2) is 5.73. The van der Waals surface area contributed by atoms with Crippen molar-refractivity contribution in [3.8, 4) is 5.75 Å².